The zero-order valence-electron chi connectivity index (χ0n) is 12.1. The predicted molar refractivity (Wildman–Crippen MR) is 84.2 cm³/mol. The first-order valence-corrected chi connectivity index (χ1v) is 6.86. The first-order valence-electron chi connectivity index (χ1n) is 6.86. The van der Waals surface area contributed by atoms with Crippen LogP contribution >= 0.6 is 0 Å². The second-order valence-corrected chi connectivity index (χ2v) is 4.51. The van der Waals surface area contributed by atoms with E-state index in [1.807, 2.05) is 12.1 Å². The average molecular weight is 286 g/mol. The van der Waals surface area contributed by atoms with Crippen LogP contribution in [-0.2, 0) is 0 Å². The summed E-state index contributed by atoms with van der Waals surface area (Å²) in [7, 11) is 0. The zero-order valence-corrected chi connectivity index (χ0v) is 12.1. The maximum Gasteiger partial charge on any atom is 0.269 e. The fraction of sp³-hybridized carbons (Fsp3) is 0.267. The lowest BCUT2D eigenvalue weighted by molar-refractivity contribution is -0.384. The molecule has 1 aromatic carbocycles. The SMILES string of the molecule is CCN(CC)c1ccc(Nc2ccc([N+](=O)[O-])cc2)cn1. The number of nitro benzene ring substituents is 1. The largest absolute Gasteiger partial charge is 0.357 e. The van der Waals surface area contributed by atoms with Crippen LogP contribution in [0.1, 0.15) is 13.8 Å². The van der Waals surface area contributed by atoms with Gasteiger partial charge >= 0.3 is 0 Å². The quantitative estimate of drug-likeness (QED) is 0.649. The van der Waals surface area contributed by atoms with Crippen LogP contribution in [0.25, 0.3) is 0 Å². The minimum Gasteiger partial charge on any atom is -0.357 e. The van der Waals surface area contributed by atoms with Gasteiger partial charge in [-0.1, -0.05) is 0 Å². The summed E-state index contributed by atoms with van der Waals surface area (Å²) in [6.07, 6.45) is 1.76. The number of hydrogen-bond acceptors (Lipinski definition) is 5. The summed E-state index contributed by atoms with van der Waals surface area (Å²) in [5.41, 5.74) is 1.72. The molecule has 0 aliphatic carbocycles. The van der Waals surface area contributed by atoms with Crippen molar-refractivity contribution in [2.45, 2.75) is 13.8 Å². The second kappa shape index (κ2) is 6.69. The summed E-state index contributed by atoms with van der Waals surface area (Å²) in [6, 6.07) is 10.2. The van der Waals surface area contributed by atoms with Crippen LogP contribution in [0.2, 0.25) is 0 Å². The van der Waals surface area contributed by atoms with E-state index in [1.54, 1.807) is 18.3 Å². The summed E-state index contributed by atoms with van der Waals surface area (Å²) in [4.78, 5) is 16.8. The molecule has 0 aliphatic rings. The molecule has 0 amide bonds. The Morgan fingerprint density at radius 1 is 1.10 bits per heavy atom. The first-order chi connectivity index (χ1) is 10.1. The fourth-order valence-corrected chi connectivity index (χ4v) is 2.03. The molecule has 0 fully saturated rings. The number of hydrogen-bond donors (Lipinski definition) is 1. The lowest BCUT2D eigenvalue weighted by atomic mass is 10.2. The lowest BCUT2D eigenvalue weighted by Crippen LogP contribution is -2.22. The van der Waals surface area contributed by atoms with Crippen LogP contribution in [-0.4, -0.2) is 23.0 Å². The molecule has 0 saturated heterocycles. The number of pyridine rings is 1. The van der Waals surface area contributed by atoms with Crippen LogP contribution in [0.4, 0.5) is 22.9 Å². The van der Waals surface area contributed by atoms with E-state index in [9.17, 15) is 10.1 Å². The van der Waals surface area contributed by atoms with Gasteiger partial charge < -0.3 is 10.2 Å². The standard InChI is InChI=1S/C15H18N4O2/c1-3-18(4-2)15-10-7-13(11-16-15)17-12-5-8-14(9-6-12)19(20)21/h5-11,17H,3-4H2,1-2H3. The Balaban J connectivity index is 2.07. The monoisotopic (exact) mass is 286 g/mol. The van der Waals surface area contributed by atoms with Crippen molar-refractivity contribution in [3.8, 4) is 0 Å². The molecule has 6 heteroatoms. The van der Waals surface area contributed by atoms with E-state index in [1.165, 1.54) is 12.1 Å². The van der Waals surface area contributed by atoms with E-state index in [4.69, 9.17) is 0 Å². The van der Waals surface area contributed by atoms with Crippen molar-refractivity contribution in [2.24, 2.45) is 0 Å². The summed E-state index contributed by atoms with van der Waals surface area (Å²) < 4.78 is 0. The minimum atomic E-state index is -0.412. The topological polar surface area (TPSA) is 71.3 Å². The molecule has 0 saturated carbocycles. The lowest BCUT2D eigenvalue weighted by Gasteiger charge is -2.19. The van der Waals surface area contributed by atoms with Crippen LogP contribution in [0, 0.1) is 10.1 Å². The minimum absolute atomic E-state index is 0.0792. The van der Waals surface area contributed by atoms with E-state index < -0.39 is 4.92 Å². The average Bonchev–Trinajstić information content (AvgIpc) is 2.51. The molecular formula is C15H18N4O2. The number of anilines is 3. The molecule has 0 atom stereocenters. The number of nitrogens with one attached hydrogen (secondary N) is 1. The molecule has 0 radical (unpaired) electrons. The molecule has 2 aromatic rings. The molecule has 0 aliphatic heterocycles. The normalized spacial score (nSPS) is 10.2. The van der Waals surface area contributed by atoms with Crippen molar-refractivity contribution in [3.63, 3.8) is 0 Å². The van der Waals surface area contributed by atoms with Gasteiger partial charge in [0.2, 0.25) is 0 Å². The van der Waals surface area contributed by atoms with Gasteiger partial charge in [0.15, 0.2) is 0 Å². The summed E-state index contributed by atoms with van der Waals surface area (Å²) in [6.45, 7) is 6.01. The Hall–Kier alpha value is -2.63. The number of non-ortho nitro benzene ring substituents is 1. The van der Waals surface area contributed by atoms with Gasteiger partial charge in [0.25, 0.3) is 5.69 Å². The molecule has 1 aromatic heterocycles. The third-order valence-corrected chi connectivity index (χ3v) is 3.20. The van der Waals surface area contributed by atoms with Crippen molar-refractivity contribution in [1.82, 2.24) is 4.98 Å². The molecule has 1 heterocycles. The van der Waals surface area contributed by atoms with Gasteiger partial charge in [0, 0.05) is 30.9 Å². The number of aromatic nitrogens is 1. The molecule has 6 nitrogen and oxygen atoms in total. The highest BCUT2D eigenvalue weighted by molar-refractivity contribution is 5.61. The summed E-state index contributed by atoms with van der Waals surface area (Å²) in [5.74, 6) is 0.939. The van der Waals surface area contributed by atoms with Crippen LogP contribution in [0.3, 0.4) is 0 Å². The smallest absolute Gasteiger partial charge is 0.269 e. The Morgan fingerprint density at radius 3 is 2.19 bits per heavy atom. The highest BCUT2D eigenvalue weighted by Crippen LogP contribution is 2.21. The molecule has 0 spiro atoms. The zero-order chi connectivity index (χ0) is 15.2. The molecular weight excluding hydrogens is 268 g/mol. The third kappa shape index (κ3) is 3.68. The highest BCUT2D eigenvalue weighted by Gasteiger charge is 2.05. The molecule has 1 N–H and O–H groups in total. The van der Waals surface area contributed by atoms with Crippen molar-refractivity contribution >= 4 is 22.9 Å². The molecule has 0 bridgehead atoms. The third-order valence-electron chi connectivity index (χ3n) is 3.20. The maximum absolute atomic E-state index is 10.6. The van der Waals surface area contributed by atoms with E-state index in [2.05, 4.69) is 29.0 Å². The fourth-order valence-electron chi connectivity index (χ4n) is 2.03. The van der Waals surface area contributed by atoms with Gasteiger partial charge in [-0.15, -0.1) is 0 Å². The van der Waals surface area contributed by atoms with Gasteiger partial charge in [0.1, 0.15) is 5.82 Å². The second-order valence-electron chi connectivity index (χ2n) is 4.51. The Bertz CT molecular complexity index is 592. The van der Waals surface area contributed by atoms with Gasteiger partial charge in [-0.05, 0) is 38.1 Å². The van der Waals surface area contributed by atoms with Gasteiger partial charge in [-0.25, -0.2) is 4.98 Å². The predicted octanol–water partition coefficient (Wildman–Crippen LogP) is 3.58. The summed E-state index contributed by atoms with van der Waals surface area (Å²) >= 11 is 0. The van der Waals surface area contributed by atoms with Gasteiger partial charge in [0.05, 0.1) is 16.8 Å². The summed E-state index contributed by atoms with van der Waals surface area (Å²) in [5, 5.41) is 13.8. The van der Waals surface area contributed by atoms with Crippen LogP contribution in [0.5, 0.6) is 0 Å². The van der Waals surface area contributed by atoms with E-state index in [0.29, 0.717) is 0 Å². The van der Waals surface area contributed by atoms with Crippen molar-refractivity contribution < 1.29 is 4.92 Å². The van der Waals surface area contributed by atoms with Crippen LogP contribution in [0.15, 0.2) is 42.6 Å². The van der Waals surface area contributed by atoms with Crippen molar-refractivity contribution in [2.75, 3.05) is 23.3 Å². The molecule has 2 rings (SSSR count). The van der Waals surface area contributed by atoms with Crippen molar-refractivity contribution in [3.05, 3.63) is 52.7 Å². The van der Waals surface area contributed by atoms with Gasteiger partial charge in [-0.2, -0.15) is 0 Å². The number of rotatable bonds is 6. The Kier molecular flexibility index (Phi) is 4.71. The molecule has 110 valence electrons. The number of nitrogens with zero attached hydrogens (tertiary/aromatic N) is 3. The maximum atomic E-state index is 10.6. The Labute approximate surface area is 123 Å². The van der Waals surface area contributed by atoms with Crippen LogP contribution < -0.4 is 10.2 Å². The van der Waals surface area contributed by atoms with Crippen molar-refractivity contribution in [1.29, 1.82) is 0 Å². The Morgan fingerprint density at radius 2 is 1.71 bits per heavy atom. The van der Waals surface area contributed by atoms with E-state index in [-0.39, 0.29) is 5.69 Å². The van der Waals surface area contributed by atoms with E-state index in [0.717, 1.165) is 30.3 Å². The highest BCUT2D eigenvalue weighted by atomic mass is 16.6. The van der Waals surface area contributed by atoms with Gasteiger partial charge in [-0.3, -0.25) is 10.1 Å². The first kappa shape index (κ1) is 14.8. The number of nitro groups is 1. The molecule has 21 heavy (non-hydrogen) atoms. The van der Waals surface area contributed by atoms with E-state index >= 15 is 0 Å². The number of benzene rings is 1. The molecule has 0 unspecified atom stereocenters.